The minimum Gasteiger partial charge on any atom is -0.465 e. The van der Waals surface area contributed by atoms with Crippen molar-refractivity contribution in [2.45, 2.75) is 32.5 Å². The van der Waals surface area contributed by atoms with E-state index in [9.17, 15) is 4.79 Å². The minimum atomic E-state index is -0.318. The first-order chi connectivity index (χ1) is 9.15. The molecule has 19 heavy (non-hydrogen) atoms. The molecule has 0 amide bonds. The molecule has 2 rings (SSSR count). The summed E-state index contributed by atoms with van der Waals surface area (Å²) in [5.41, 5.74) is 1.55. The Morgan fingerprint density at radius 2 is 2.16 bits per heavy atom. The van der Waals surface area contributed by atoms with Gasteiger partial charge >= 0.3 is 5.97 Å². The van der Waals surface area contributed by atoms with Crippen molar-refractivity contribution in [2.75, 3.05) is 7.11 Å². The van der Waals surface area contributed by atoms with E-state index >= 15 is 0 Å². The molecule has 0 N–H and O–H groups in total. The van der Waals surface area contributed by atoms with E-state index in [1.54, 1.807) is 6.07 Å². The molecule has 3 atom stereocenters. The Hall–Kier alpha value is -1.61. The maximum Gasteiger partial charge on any atom is 0.337 e. The van der Waals surface area contributed by atoms with Crippen LogP contribution in [-0.4, -0.2) is 19.2 Å². The summed E-state index contributed by atoms with van der Waals surface area (Å²) in [5, 5.41) is 0. The lowest BCUT2D eigenvalue weighted by Crippen LogP contribution is -2.25. The van der Waals surface area contributed by atoms with Crippen molar-refractivity contribution in [1.82, 2.24) is 0 Å². The summed E-state index contributed by atoms with van der Waals surface area (Å²) in [4.78, 5) is 11.5. The van der Waals surface area contributed by atoms with Crippen molar-refractivity contribution in [3.05, 3.63) is 47.5 Å². The van der Waals surface area contributed by atoms with E-state index < -0.39 is 0 Å². The third-order valence-corrected chi connectivity index (χ3v) is 3.54. The molecule has 0 aliphatic carbocycles. The van der Waals surface area contributed by atoms with Gasteiger partial charge in [-0.25, -0.2) is 4.79 Å². The van der Waals surface area contributed by atoms with Crippen LogP contribution in [0.25, 0.3) is 0 Å². The molecule has 102 valence electrons. The fourth-order valence-corrected chi connectivity index (χ4v) is 2.38. The molecule has 1 aliphatic heterocycles. The molecule has 0 fully saturated rings. The number of hydrogen-bond acceptors (Lipinski definition) is 3. The molecule has 1 heterocycles. The minimum absolute atomic E-state index is 0.0780. The molecule has 0 saturated carbocycles. The number of carbonyl (C=O) groups is 1. The zero-order chi connectivity index (χ0) is 13.8. The average molecular weight is 260 g/mol. The van der Waals surface area contributed by atoms with Gasteiger partial charge in [0.1, 0.15) is 6.10 Å². The highest BCUT2D eigenvalue weighted by Crippen LogP contribution is 2.30. The second kappa shape index (κ2) is 6.02. The number of methoxy groups -OCH3 is 1. The van der Waals surface area contributed by atoms with Crippen LogP contribution in [0.1, 0.15) is 42.3 Å². The SMILES string of the molecule is CC[C@H]1O[C@H](c2cccc(C(=O)OC)c2)C=C[C@@H]1C. The number of carbonyl (C=O) groups excluding carboxylic acids is 1. The quantitative estimate of drug-likeness (QED) is 0.616. The standard InChI is InChI=1S/C16H20O3/c1-4-14-11(2)8-9-15(19-14)12-6-5-7-13(10-12)16(17)18-3/h5-11,14-15H,4H2,1-3H3/t11-,14+,15-/m0/s1. The van der Waals surface area contributed by atoms with Gasteiger partial charge in [-0.05, 0) is 24.1 Å². The van der Waals surface area contributed by atoms with Crippen LogP contribution in [0.3, 0.4) is 0 Å². The molecule has 3 nitrogen and oxygen atoms in total. The highest BCUT2D eigenvalue weighted by Gasteiger charge is 2.24. The third kappa shape index (κ3) is 3.04. The van der Waals surface area contributed by atoms with Gasteiger partial charge in [-0.3, -0.25) is 0 Å². The van der Waals surface area contributed by atoms with Gasteiger partial charge in [0.25, 0.3) is 0 Å². The second-order valence-electron chi connectivity index (χ2n) is 4.86. The number of esters is 1. The van der Waals surface area contributed by atoms with Crippen molar-refractivity contribution < 1.29 is 14.3 Å². The summed E-state index contributed by atoms with van der Waals surface area (Å²) in [6, 6.07) is 7.42. The Kier molecular flexibility index (Phi) is 4.38. The van der Waals surface area contributed by atoms with Crippen LogP contribution in [0.4, 0.5) is 0 Å². The van der Waals surface area contributed by atoms with Crippen LogP contribution in [0, 0.1) is 5.92 Å². The normalized spacial score (nSPS) is 26.2. The van der Waals surface area contributed by atoms with Crippen LogP contribution in [0.2, 0.25) is 0 Å². The molecular weight excluding hydrogens is 240 g/mol. The van der Waals surface area contributed by atoms with Gasteiger partial charge in [-0.1, -0.05) is 38.1 Å². The highest BCUT2D eigenvalue weighted by molar-refractivity contribution is 5.89. The van der Waals surface area contributed by atoms with Gasteiger partial charge in [0.15, 0.2) is 0 Å². The summed E-state index contributed by atoms with van der Waals surface area (Å²) >= 11 is 0. The molecular formula is C16H20O3. The molecule has 0 saturated heterocycles. The van der Waals surface area contributed by atoms with Crippen molar-refractivity contribution in [2.24, 2.45) is 5.92 Å². The molecule has 1 aliphatic rings. The molecule has 0 bridgehead atoms. The fraction of sp³-hybridized carbons (Fsp3) is 0.438. The average Bonchev–Trinajstić information content (AvgIpc) is 2.47. The summed E-state index contributed by atoms with van der Waals surface area (Å²) < 4.78 is 10.8. The van der Waals surface area contributed by atoms with Crippen LogP contribution in [0.15, 0.2) is 36.4 Å². The maximum atomic E-state index is 11.5. The van der Waals surface area contributed by atoms with Crippen LogP contribution in [0.5, 0.6) is 0 Å². The smallest absolute Gasteiger partial charge is 0.337 e. The Morgan fingerprint density at radius 1 is 1.37 bits per heavy atom. The summed E-state index contributed by atoms with van der Waals surface area (Å²) in [7, 11) is 1.39. The van der Waals surface area contributed by atoms with Crippen LogP contribution < -0.4 is 0 Å². The Balaban J connectivity index is 2.23. The van der Waals surface area contributed by atoms with E-state index in [1.807, 2.05) is 18.2 Å². The molecule has 0 aromatic heterocycles. The molecule has 1 aromatic rings. The van der Waals surface area contributed by atoms with Crippen molar-refractivity contribution in [1.29, 1.82) is 0 Å². The fourth-order valence-electron chi connectivity index (χ4n) is 2.38. The predicted octanol–water partition coefficient (Wildman–Crippen LogP) is 3.52. The van der Waals surface area contributed by atoms with Gasteiger partial charge in [0.05, 0.1) is 18.8 Å². The van der Waals surface area contributed by atoms with Crippen molar-refractivity contribution in [3.8, 4) is 0 Å². The van der Waals surface area contributed by atoms with E-state index in [2.05, 4.69) is 26.0 Å². The van der Waals surface area contributed by atoms with Crippen molar-refractivity contribution in [3.63, 3.8) is 0 Å². The van der Waals surface area contributed by atoms with E-state index in [4.69, 9.17) is 9.47 Å². The van der Waals surface area contributed by atoms with Crippen LogP contribution in [-0.2, 0) is 9.47 Å². The first-order valence-corrected chi connectivity index (χ1v) is 6.67. The van der Waals surface area contributed by atoms with Crippen molar-refractivity contribution >= 4 is 5.97 Å². The van der Waals surface area contributed by atoms with Crippen LogP contribution >= 0.6 is 0 Å². The number of hydrogen-bond donors (Lipinski definition) is 0. The lowest BCUT2D eigenvalue weighted by Gasteiger charge is -2.30. The number of benzene rings is 1. The molecule has 0 radical (unpaired) electrons. The summed E-state index contributed by atoms with van der Waals surface area (Å²) in [6.07, 6.45) is 5.39. The third-order valence-electron chi connectivity index (χ3n) is 3.54. The Morgan fingerprint density at radius 3 is 2.84 bits per heavy atom. The first-order valence-electron chi connectivity index (χ1n) is 6.67. The van der Waals surface area contributed by atoms with E-state index in [1.165, 1.54) is 7.11 Å². The molecule has 0 spiro atoms. The van der Waals surface area contributed by atoms with E-state index in [-0.39, 0.29) is 18.2 Å². The van der Waals surface area contributed by atoms with Gasteiger partial charge in [0.2, 0.25) is 0 Å². The highest BCUT2D eigenvalue weighted by atomic mass is 16.5. The first kappa shape index (κ1) is 13.8. The lowest BCUT2D eigenvalue weighted by molar-refractivity contribution is -0.0206. The van der Waals surface area contributed by atoms with Gasteiger partial charge in [-0.15, -0.1) is 0 Å². The van der Waals surface area contributed by atoms with Gasteiger partial charge in [0, 0.05) is 5.92 Å². The lowest BCUT2D eigenvalue weighted by atomic mass is 9.95. The topological polar surface area (TPSA) is 35.5 Å². The van der Waals surface area contributed by atoms with Gasteiger partial charge in [-0.2, -0.15) is 0 Å². The molecule has 3 heteroatoms. The largest absolute Gasteiger partial charge is 0.465 e. The molecule has 0 unspecified atom stereocenters. The molecule has 1 aromatic carbocycles. The van der Waals surface area contributed by atoms with Gasteiger partial charge < -0.3 is 9.47 Å². The Bertz CT molecular complexity index is 479. The number of ether oxygens (including phenoxy) is 2. The predicted molar refractivity (Wildman–Crippen MR) is 74.0 cm³/mol. The zero-order valence-corrected chi connectivity index (χ0v) is 11.6. The number of rotatable bonds is 3. The monoisotopic (exact) mass is 260 g/mol. The summed E-state index contributed by atoms with van der Waals surface area (Å²) in [5.74, 6) is 0.118. The maximum absolute atomic E-state index is 11.5. The van der Waals surface area contributed by atoms with E-state index in [0.29, 0.717) is 11.5 Å². The summed E-state index contributed by atoms with van der Waals surface area (Å²) in [6.45, 7) is 4.29. The zero-order valence-electron chi connectivity index (χ0n) is 11.6. The Labute approximate surface area is 114 Å². The van der Waals surface area contributed by atoms with E-state index in [0.717, 1.165) is 12.0 Å². The second-order valence-corrected chi connectivity index (χ2v) is 4.86.